The van der Waals surface area contributed by atoms with Crippen molar-refractivity contribution in [3.63, 3.8) is 0 Å². The first-order valence-electron chi connectivity index (χ1n) is 7.84. The summed E-state index contributed by atoms with van der Waals surface area (Å²) in [4.78, 5) is 7.72. The van der Waals surface area contributed by atoms with Crippen LogP contribution in [0.3, 0.4) is 0 Å². The lowest BCUT2D eigenvalue weighted by Crippen LogP contribution is -1.99. The molecule has 6 heteroatoms. The third kappa shape index (κ3) is 3.22. The van der Waals surface area contributed by atoms with E-state index in [1.807, 2.05) is 24.3 Å². The topological polar surface area (TPSA) is 63.9 Å². The molecule has 3 aromatic rings. The number of aromatic nitrogens is 2. The zero-order valence-electron chi connectivity index (χ0n) is 13.4. The lowest BCUT2D eigenvalue weighted by molar-refractivity contribution is 0.398. The number of nitrogens with zero attached hydrogens (tertiary/aromatic N) is 1. The van der Waals surface area contributed by atoms with Crippen LogP contribution in [-0.2, 0) is 6.42 Å². The minimum Gasteiger partial charge on any atom is -0.481 e. The summed E-state index contributed by atoms with van der Waals surface area (Å²) in [6.45, 7) is 0.677. The second-order valence-electron chi connectivity index (χ2n) is 5.59. The van der Waals surface area contributed by atoms with Gasteiger partial charge in [0, 0.05) is 23.2 Å². The molecule has 1 aromatic carbocycles. The van der Waals surface area contributed by atoms with Crippen molar-refractivity contribution in [2.45, 2.75) is 19.3 Å². The van der Waals surface area contributed by atoms with Crippen molar-refractivity contribution in [3.05, 3.63) is 46.1 Å². The van der Waals surface area contributed by atoms with E-state index in [0.29, 0.717) is 22.5 Å². The van der Waals surface area contributed by atoms with Crippen LogP contribution in [0.1, 0.15) is 18.4 Å². The van der Waals surface area contributed by atoms with Crippen LogP contribution >= 0.6 is 23.2 Å². The molecule has 3 rings (SSSR count). The van der Waals surface area contributed by atoms with E-state index in [9.17, 15) is 0 Å². The highest BCUT2D eigenvalue weighted by molar-refractivity contribution is 6.40. The lowest BCUT2D eigenvalue weighted by Gasteiger charge is -2.06. The molecular weight excluding hydrogens is 345 g/mol. The number of methoxy groups -OCH3 is 1. The van der Waals surface area contributed by atoms with E-state index < -0.39 is 0 Å². The highest BCUT2D eigenvalue weighted by Gasteiger charge is 2.17. The first-order valence-corrected chi connectivity index (χ1v) is 8.60. The summed E-state index contributed by atoms with van der Waals surface area (Å²) in [5.74, 6) is 0.579. The van der Waals surface area contributed by atoms with Crippen molar-refractivity contribution < 1.29 is 4.74 Å². The van der Waals surface area contributed by atoms with Crippen molar-refractivity contribution in [1.82, 2.24) is 9.97 Å². The van der Waals surface area contributed by atoms with Gasteiger partial charge >= 0.3 is 0 Å². The Morgan fingerprint density at radius 2 is 1.92 bits per heavy atom. The minimum absolute atomic E-state index is 0.579. The Bertz CT molecular complexity index is 844. The van der Waals surface area contributed by atoms with E-state index in [4.69, 9.17) is 33.7 Å². The molecule has 0 unspecified atom stereocenters. The molecule has 0 spiro atoms. The summed E-state index contributed by atoms with van der Waals surface area (Å²) in [6, 6.07) is 7.46. The number of nitrogens with two attached hydrogens (primary N) is 1. The number of benzene rings is 1. The molecule has 3 N–H and O–H groups in total. The average Bonchev–Trinajstić information content (AvgIpc) is 2.99. The molecule has 24 heavy (non-hydrogen) atoms. The Balaban J connectivity index is 2.15. The smallest absolute Gasteiger partial charge is 0.212 e. The predicted octanol–water partition coefficient (Wildman–Crippen LogP) is 4.83. The van der Waals surface area contributed by atoms with Gasteiger partial charge < -0.3 is 15.5 Å². The molecule has 0 saturated heterocycles. The summed E-state index contributed by atoms with van der Waals surface area (Å²) < 4.78 is 5.13. The molecule has 126 valence electrons. The van der Waals surface area contributed by atoms with Crippen molar-refractivity contribution >= 4 is 34.1 Å². The molecule has 0 saturated carbocycles. The molecule has 4 nitrogen and oxygen atoms in total. The molecule has 0 radical (unpaired) electrons. The SMILES string of the molecule is COc1ccc(-c2[nH]c3c(Cl)ccc(Cl)c3c2CCCCN)cn1. The number of halogens is 2. The summed E-state index contributed by atoms with van der Waals surface area (Å²) in [7, 11) is 1.60. The number of nitrogens with one attached hydrogen (secondary N) is 1. The number of H-pyrrole nitrogens is 1. The Kier molecular flexibility index (Phi) is 5.29. The van der Waals surface area contributed by atoms with Crippen molar-refractivity contribution in [3.8, 4) is 17.1 Å². The number of ether oxygens (including phenoxy) is 1. The largest absolute Gasteiger partial charge is 0.481 e. The van der Waals surface area contributed by atoms with Gasteiger partial charge in [-0.25, -0.2) is 4.98 Å². The van der Waals surface area contributed by atoms with Crippen LogP contribution in [0.15, 0.2) is 30.5 Å². The lowest BCUT2D eigenvalue weighted by atomic mass is 10.0. The van der Waals surface area contributed by atoms with Gasteiger partial charge in [0.2, 0.25) is 5.88 Å². The summed E-state index contributed by atoms with van der Waals surface area (Å²) in [6.07, 6.45) is 4.62. The second kappa shape index (κ2) is 7.43. The molecule has 0 aliphatic carbocycles. The fraction of sp³-hybridized carbons (Fsp3) is 0.278. The number of unbranched alkanes of at least 4 members (excludes halogenated alkanes) is 1. The highest BCUT2D eigenvalue weighted by atomic mass is 35.5. The van der Waals surface area contributed by atoms with Gasteiger partial charge in [-0.05, 0) is 49.6 Å². The number of hydrogen-bond acceptors (Lipinski definition) is 3. The standard InChI is InChI=1S/C18H19Cl2N3O/c1-24-15-8-5-11(10-22-15)17-12(4-2-3-9-21)16-13(19)6-7-14(20)18(16)23-17/h5-8,10,23H,2-4,9,21H2,1H3. The van der Waals surface area contributed by atoms with Crippen LogP contribution in [0.4, 0.5) is 0 Å². The number of aromatic amines is 1. The molecule has 0 atom stereocenters. The first kappa shape index (κ1) is 17.1. The van der Waals surface area contributed by atoms with Gasteiger partial charge in [-0.15, -0.1) is 0 Å². The van der Waals surface area contributed by atoms with E-state index in [2.05, 4.69) is 9.97 Å². The van der Waals surface area contributed by atoms with Gasteiger partial charge in [0.1, 0.15) is 0 Å². The van der Waals surface area contributed by atoms with Gasteiger partial charge in [0.05, 0.1) is 28.4 Å². The molecule has 0 aliphatic heterocycles. The Morgan fingerprint density at radius 3 is 2.58 bits per heavy atom. The maximum atomic E-state index is 6.46. The van der Waals surface area contributed by atoms with Crippen LogP contribution in [0.5, 0.6) is 5.88 Å². The van der Waals surface area contributed by atoms with Gasteiger partial charge in [-0.3, -0.25) is 0 Å². The zero-order chi connectivity index (χ0) is 17.1. The van der Waals surface area contributed by atoms with Gasteiger partial charge in [0.25, 0.3) is 0 Å². The molecule has 0 fully saturated rings. The van der Waals surface area contributed by atoms with E-state index in [1.165, 1.54) is 0 Å². The van der Waals surface area contributed by atoms with Crippen LogP contribution in [0.2, 0.25) is 10.0 Å². The summed E-state index contributed by atoms with van der Waals surface area (Å²) >= 11 is 12.8. The molecule has 0 aliphatic rings. The Morgan fingerprint density at radius 1 is 1.12 bits per heavy atom. The average molecular weight is 364 g/mol. The molecule has 0 bridgehead atoms. The molecule has 2 heterocycles. The maximum Gasteiger partial charge on any atom is 0.212 e. The maximum absolute atomic E-state index is 6.46. The normalized spacial score (nSPS) is 11.2. The van der Waals surface area contributed by atoms with E-state index in [1.54, 1.807) is 13.3 Å². The third-order valence-electron chi connectivity index (χ3n) is 4.07. The Hall–Kier alpha value is -1.75. The first-order chi connectivity index (χ1) is 11.7. The number of aryl methyl sites for hydroxylation is 1. The van der Waals surface area contributed by atoms with Crippen molar-refractivity contribution in [2.24, 2.45) is 5.73 Å². The predicted molar refractivity (Wildman–Crippen MR) is 100 cm³/mol. The monoisotopic (exact) mass is 363 g/mol. The van der Waals surface area contributed by atoms with E-state index in [0.717, 1.165) is 47.0 Å². The third-order valence-corrected chi connectivity index (χ3v) is 4.70. The van der Waals surface area contributed by atoms with E-state index >= 15 is 0 Å². The van der Waals surface area contributed by atoms with Gasteiger partial charge in [-0.2, -0.15) is 0 Å². The van der Waals surface area contributed by atoms with Gasteiger partial charge in [-0.1, -0.05) is 23.2 Å². The number of hydrogen-bond donors (Lipinski definition) is 2. The second-order valence-corrected chi connectivity index (χ2v) is 6.41. The minimum atomic E-state index is 0.579. The fourth-order valence-electron chi connectivity index (χ4n) is 2.89. The van der Waals surface area contributed by atoms with Crippen molar-refractivity contribution in [2.75, 3.05) is 13.7 Å². The summed E-state index contributed by atoms with van der Waals surface area (Å²) in [5, 5.41) is 2.33. The van der Waals surface area contributed by atoms with Crippen LogP contribution < -0.4 is 10.5 Å². The van der Waals surface area contributed by atoms with Crippen LogP contribution in [0, 0.1) is 0 Å². The Labute approximate surface area is 150 Å². The summed E-state index contributed by atoms with van der Waals surface area (Å²) in [5.41, 5.74) is 9.61. The van der Waals surface area contributed by atoms with Crippen molar-refractivity contribution in [1.29, 1.82) is 0 Å². The highest BCUT2D eigenvalue weighted by Crippen LogP contribution is 2.38. The van der Waals surface area contributed by atoms with Crippen LogP contribution in [-0.4, -0.2) is 23.6 Å². The number of rotatable bonds is 6. The van der Waals surface area contributed by atoms with E-state index in [-0.39, 0.29) is 0 Å². The number of fused-ring (bicyclic) bond motifs is 1. The molecule has 0 amide bonds. The van der Waals surface area contributed by atoms with Crippen LogP contribution in [0.25, 0.3) is 22.2 Å². The molecule has 2 aromatic heterocycles. The zero-order valence-corrected chi connectivity index (χ0v) is 14.9. The quantitative estimate of drug-likeness (QED) is 0.616. The molecular formula is C18H19Cl2N3O. The number of pyridine rings is 1. The van der Waals surface area contributed by atoms with Gasteiger partial charge in [0.15, 0.2) is 0 Å². The fourth-order valence-corrected chi connectivity index (χ4v) is 3.36.